The Hall–Kier alpha value is -4.85. The molecule has 0 saturated heterocycles. The maximum absolute atomic E-state index is 12.7. The Bertz CT molecular complexity index is 1360. The highest BCUT2D eigenvalue weighted by Crippen LogP contribution is 2.27. The molecule has 37 heavy (non-hydrogen) atoms. The van der Waals surface area contributed by atoms with Crippen molar-refractivity contribution < 1.29 is 29.3 Å². The van der Waals surface area contributed by atoms with E-state index in [2.05, 4.69) is 10.5 Å². The number of rotatable bonds is 10. The number of benzene rings is 3. The summed E-state index contributed by atoms with van der Waals surface area (Å²) in [4.78, 5) is 25.2. The van der Waals surface area contributed by atoms with E-state index in [4.69, 9.17) is 9.47 Å². The first-order valence-electron chi connectivity index (χ1n) is 11.4. The van der Waals surface area contributed by atoms with Gasteiger partial charge in [-0.05, 0) is 66.6 Å². The summed E-state index contributed by atoms with van der Waals surface area (Å²) >= 11 is 0. The lowest BCUT2D eigenvalue weighted by molar-refractivity contribution is -0.113. The number of hydrazone groups is 1. The van der Waals surface area contributed by atoms with Crippen LogP contribution < -0.4 is 14.9 Å². The topological polar surface area (TPSA) is 117 Å². The summed E-state index contributed by atoms with van der Waals surface area (Å²) in [6, 6.07) is 16.6. The number of phenolic OH excluding ortho intramolecular Hbond substituents is 2. The number of amides is 1. The molecular weight excluding hydrogens is 472 g/mol. The molecule has 190 valence electrons. The molecule has 0 aliphatic carbocycles. The van der Waals surface area contributed by atoms with E-state index in [0.29, 0.717) is 33.9 Å². The molecule has 1 amide bonds. The second-order valence-electron chi connectivity index (χ2n) is 8.08. The molecule has 8 heteroatoms. The minimum atomic E-state index is -0.406. The van der Waals surface area contributed by atoms with Crippen molar-refractivity contribution in [1.82, 2.24) is 5.43 Å². The zero-order valence-corrected chi connectivity index (χ0v) is 20.8. The van der Waals surface area contributed by atoms with Crippen molar-refractivity contribution in [2.45, 2.75) is 13.3 Å². The van der Waals surface area contributed by atoms with Gasteiger partial charge in [-0.25, -0.2) is 5.43 Å². The molecule has 0 heterocycles. The number of phenols is 2. The fourth-order valence-electron chi connectivity index (χ4n) is 3.24. The monoisotopic (exact) mass is 500 g/mol. The first-order chi connectivity index (χ1) is 17.8. The number of carbonyl (C=O) groups is 2. The van der Waals surface area contributed by atoms with Crippen molar-refractivity contribution in [3.05, 3.63) is 95.1 Å². The Labute approximate surface area is 215 Å². The molecule has 3 rings (SSSR count). The quantitative estimate of drug-likeness (QED) is 0.207. The van der Waals surface area contributed by atoms with Gasteiger partial charge in [0.1, 0.15) is 0 Å². The number of nitrogens with zero attached hydrogens (tertiary/aromatic N) is 1. The third kappa shape index (κ3) is 7.83. The van der Waals surface area contributed by atoms with E-state index in [1.54, 1.807) is 54.6 Å². The third-order valence-electron chi connectivity index (χ3n) is 5.31. The van der Waals surface area contributed by atoms with Crippen LogP contribution in [0.25, 0.3) is 12.2 Å². The lowest BCUT2D eigenvalue weighted by Gasteiger charge is -2.05. The number of ketones is 1. The second kappa shape index (κ2) is 12.7. The molecule has 0 unspecified atom stereocenters. The number of methoxy groups -OCH3 is 2. The van der Waals surface area contributed by atoms with E-state index >= 15 is 0 Å². The Morgan fingerprint density at radius 3 is 1.92 bits per heavy atom. The maximum atomic E-state index is 12.7. The standard InChI is InChI=1S/C29H28N2O6/c1-19-4-10-22(11-5-19)29(35)31-30-23(12-6-20-8-14-25(33)27(16-20)36-2)18-24(32)13-7-21-9-15-26(34)28(17-21)37-3/h4-17,33-34H,18H2,1-3H3,(H,31,35). The van der Waals surface area contributed by atoms with Gasteiger partial charge in [0, 0.05) is 5.56 Å². The predicted molar refractivity (Wildman–Crippen MR) is 143 cm³/mol. The molecule has 0 aliphatic heterocycles. The number of allylic oxidation sites excluding steroid dienone is 2. The van der Waals surface area contributed by atoms with Crippen molar-refractivity contribution in [2.24, 2.45) is 5.10 Å². The minimum Gasteiger partial charge on any atom is -0.504 e. The van der Waals surface area contributed by atoms with Gasteiger partial charge in [0.25, 0.3) is 5.91 Å². The van der Waals surface area contributed by atoms with Crippen LogP contribution in [-0.2, 0) is 4.79 Å². The number of nitrogens with one attached hydrogen (secondary N) is 1. The van der Waals surface area contributed by atoms with Crippen LogP contribution in [0.2, 0.25) is 0 Å². The van der Waals surface area contributed by atoms with E-state index in [-0.39, 0.29) is 23.7 Å². The van der Waals surface area contributed by atoms with Crippen molar-refractivity contribution in [1.29, 1.82) is 0 Å². The average molecular weight is 501 g/mol. The molecule has 0 fully saturated rings. The summed E-state index contributed by atoms with van der Waals surface area (Å²) in [5, 5.41) is 23.7. The fourth-order valence-corrected chi connectivity index (χ4v) is 3.24. The van der Waals surface area contributed by atoms with E-state index in [1.165, 1.54) is 32.4 Å². The van der Waals surface area contributed by atoms with Crippen molar-refractivity contribution in [2.75, 3.05) is 14.2 Å². The summed E-state index contributed by atoms with van der Waals surface area (Å²) in [5.41, 5.74) is 5.64. The number of aromatic hydroxyl groups is 2. The van der Waals surface area contributed by atoms with Gasteiger partial charge in [0.15, 0.2) is 28.8 Å². The molecule has 0 aliphatic rings. The van der Waals surface area contributed by atoms with E-state index < -0.39 is 5.91 Å². The van der Waals surface area contributed by atoms with E-state index in [0.717, 1.165) is 5.56 Å². The van der Waals surface area contributed by atoms with Gasteiger partial charge in [-0.15, -0.1) is 0 Å². The molecular formula is C29H28N2O6. The Morgan fingerprint density at radius 1 is 0.838 bits per heavy atom. The highest BCUT2D eigenvalue weighted by atomic mass is 16.5. The first-order valence-corrected chi connectivity index (χ1v) is 11.4. The molecule has 3 N–H and O–H groups in total. The summed E-state index contributed by atoms with van der Waals surface area (Å²) in [7, 11) is 2.89. The van der Waals surface area contributed by atoms with Crippen LogP contribution in [0.3, 0.4) is 0 Å². The summed E-state index contributed by atoms with van der Waals surface area (Å²) < 4.78 is 10.2. The van der Waals surface area contributed by atoms with Gasteiger partial charge >= 0.3 is 0 Å². The zero-order valence-electron chi connectivity index (χ0n) is 20.8. The zero-order chi connectivity index (χ0) is 26.8. The highest BCUT2D eigenvalue weighted by molar-refractivity contribution is 6.13. The van der Waals surface area contributed by atoms with Gasteiger partial charge in [0.05, 0.1) is 26.4 Å². The van der Waals surface area contributed by atoms with Gasteiger partial charge in [0.2, 0.25) is 0 Å². The molecule has 0 aromatic heterocycles. The molecule has 3 aromatic carbocycles. The van der Waals surface area contributed by atoms with Crippen LogP contribution in [0, 0.1) is 6.92 Å². The fraction of sp³-hybridized carbons (Fsp3) is 0.138. The van der Waals surface area contributed by atoms with Gasteiger partial charge < -0.3 is 19.7 Å². The number of ether oxygens (including phenoxy) is 2. The largest absolute Gasteiger partial charge is 0.504 e. The molecule has 0 bridgehead atoms. The van der Waals surface area contributed by atoms with Crippen LogP contribution in [0.5, 0.6) is 23.0 Å². The number of hydrogen-bond donors (Lipinski definition) is 3. The Balaban J connectivity index is 1.80. The smallest absolute Gasteiger partial charge is 0.271 e. The lowest BCUT2D eigenvalue weighted by atomic mass is 10.1. The molecule has 0 atom stereocenters. The van der Waals surface area contributed by atoms with Crippen LogP contribution in [-0.4, -0.2) is 41.8 Å². The van der Waals surface area contributed by atoms with E-state index in [9.17, 15) is 19.8 Å². The molecule has 0 radical (unpaired) electrons. The van der Waals surface area contributed by atoms with Gasteiger partial charge in [-0.2, -0.15) is 5.10 Å². The minimum absolute atomic E-state index is 0.000660. The summed E-state index contributed by atoms with van der Waals surface area (Å²) in [6.07, 6.45) is 6.20. The van der Waals surface area contributed by atoms with Gasteiger partial charge in [-0.1, -0.05) is 42.0 Å². The van der Waals surface area contributed by atoms with Crippen molar-refractivity contribution in [3.8, 4) is 23.0 Å². The summed E-state index contributed by atoms with van der Waals surface area (Å²) in [5.74, 6) is -0.0648. The third-order valence-corrected chi connectivity index (χ3v) is 5.31. The maximum Gasteiger partial charge on any atom is 0.271 e. The molecule has 3 aromatic rings. The van der Waals surface area contributed by atoms with E-state index in [1.807, 2.05) is 19.1 Å². The summed E-state index contributed by atoms with van der Waals surface area (Å²) in [6.45, 7) is 1.93. The van der Waals surface area contributed by atoms with Crippen LogP contribution in [0.4, 0.5) is 0 Å². The number of carbonyl (C=O) groups excluding carboxylic acids is 2. The SMILES string of the molecule is COc1cc(C=CC(=O)CC(C=Cc2ccc(O)c(OC)c2)=NNC(=O)c2ccc(C)cc2)ccc1O. The van der Waals surface area contributed by atoms with Crippen molar-refractivity contribution >= 4 is 29.6 Å². The normalized spacial score (nSPS) is 11.6. The van der Waals surface area contributed by atoms with Crippen molar-refractivity contribution in [3.63, 3.8) is 0 Å². The first kappa shape index (κ1) is 26.7. The van der Waals surface area contributed by atoms with Crippen LogP contribution in [0.1, 0.15) is 33.5 Å². The van der Waals surface area contributed by atoms with Crippen LogP contribution >= 0.6 is 0 Å². The average Bonchev–Trinajstić information content (AvgIpc) is 2.90. The Kier molecular flexibility index (Phi) is 9.21. The number of aryl methyl sites for hydroxylation is 1. The van der Waals surface area contributed by atoms with Gasteiger partial charge in [-0.3, -0.25) is 9.59 Å². The molecule has 8 nitrogen and oxygen atoms in total. The second-order valence-corrected chi connectivity index (χ2v) is 8.08. The number of hydrogen-bond acceptors (Lipinski definition) is 7. The molecule has 0 spiro atoms. The molecule has 0 saturated carbocycles. The Morgan fingerprint density at radius 2 is 1.38 bits per heavy atom. The highest BCUT2D eigenvalue weighted by Gasteiger charge is 2.08. The predicted octanol–water partition coefficient (Wildman–Crippen LogP) is 4.90. The van der Waals surface area contributed by atoms with Crippen LogP contribution in [0.15, 0.2) is 77.9 Å². The lowest BCUT2D eigenvalue weighted by Crippen LogP contribution is -2.20.